The number of urea groups is 2. The van der Waals surface area contributed by atoms with Crippen molar-refractivity contribution in [1.82, 2.24) is 15.1 Å². The summed E-state index contributed by atoms with van der Waals surface area (Å²) in [5.41, 5.74) is 1.74. The topological polar surface area (TPSA) is 135 Å². The maximum atomic E-state index is 13.3. The molecule has 4 aliphatic rings. The van der Waals surface area contributed by atoms with Gasteiger partial charge in [-0.3, -0.25) is 4.79 Å². The lowest BCUT2D eigenvalue weighted by atomic mass is 9.92. The van der Waals surface area contributed by atoms with E-state index < -0.39 is 24.0 Å². The molecule has 11 nitrogen and oxygen atoms in total. The van der Waals surface area contributed by atoms with Crippen LogP contribution in [0, 0.1) is 23.2 Å². The van der Waals surface area contributed by atoms with Gasteiger partial charge < -0.3 is 20.3 Å². The van der Waals surface area contributed by atoms with Gasteiger partial charge in [-0.2, -0.15) is 19.5 Å². The second-order valence-corrected chi connectivity index (χ2v) is 10.9. The standard InChI is InChI=1S/C28H29ClN6O5/c1-16(2)35-23-8-7-19(11-21(23)26(37)34(28(35)39)14-17-3-4-17)32-27(38)33-9-10-40-24(15-33)25(36)31-20-6-5-18(13-30)22(29)12-20/h5-8,11-12,16-17,21,24H,3-4,9-10,14-15H2,1-2H3,(H-,31,32,36,38)/p+1. The SMILES string of the molecule is CC(C)[N+]1=C2C=CC(NC(=O)N3CCOC(C(=O)Nc4ccc(C#N)c(Cl)c4)C3)=CC2C(=O)N(CC2CC2)C1=O. The number of hydrogen-bond donors (Lipinski definition) is 2. The molecule has 1 saturated carbocycles. The summed E-state index contributed by atoms with van der Waals surface area (Å²) in [5, 5.41) is 14.8. The average molecular weight is 566 g/mol. The molecule has 5 rings (SSSR count). The zero-order valence-corrected chi connectivity index (χ0v) is 23.0. The molecule has 12 heteroatoms. The van der Waals surface area contributed by atoms with Gasteiger partial charge in [0.15, 0.2) is 6.10 Å². The van der Waals surface area contributed by atoms with E-state index in [9.17, 15) is 19.2 Å². The fraction of sp³-hybridized carbons (Fsp3) is 0.429. The Kier molecular flexibility index (Phi) is 7.74. The maximum absolute atomic E-state index is 13.3. The second kappa shape index (κ2) is 11.2. The number of allylic oxidation sites excluding steroid dienone is 2. The highest BCUT2D eigenvalue weighted by atomic mass is 35.5. The number of halogens is 1. The van der Waals surface area contributed by atoms with Gasteiger partial charge in [-0.15, -0.1) is 0 Å². The Morgan fingerprint density at radius 1 is 1.23 bits per heavy atom. The summed E-state index contributed by atoms with van der Waals surface area (Å²) >= 11 is 6.05. The zero-order chi connectivity index (χ0) is 28.6. The normalized spacial score (nSPS) is 22.6. The predicted octanol–water partition coefficient (Wildman–Crippen LogP) is 2.86. The Labute approximate surface area is 236 Å². The van der Waals surface area contributed by atoms with Crippen molar-refractivity contribution in [3.8, 4) is 6.07 Å². The summed E-state index contributed by atoms with van der Waals surface area (Å²) in [6.07, 6.45) is 6.17. The number of nitrogens with one attached hydrogen (secondary N) is 2. The molecule has 0 bridgehead atoms. The van der Waals surface area contributed by atoms with Gasteiger partial charge >= 0.3 is 18.0 Å². The number of benzene rings is 1. The van der Waals surface area contributed by atoms with E-state index in [4.69, 9.17) is 21.6 Å². The summed E-state index contributed by atoms with van der Waals surface area (Å²) in [4.78, 5) is 55.2. The van der Waals surface area contributed by atoms with E-state index in [0.29, 0.717) is 35.1 Å². The minimum absolute atomic E-state index is 0.0171. The molecule has 0 aromatic heterocycles. The molecule has 1 aromatic rings. The first-order valence-electron chi connectivity index (χ1n) is 13.3. The Bertz CT molecular complexity index is 1410. The van der Waals surface area contributed by atoms with Gasteiger partial charge in [-0.1, -0.05) is 11.6 Å². The van der Waals surface area contributed by atoms with Crippen molar-refractivity contribution in [3.05, 3.63) is 52.7 Å². The fourth-order valence-corrected chi connectivity index (χ4v) is 5.18. The number of anilines is 1. The van der Waals surface area contributed by atoms with Crippen LogP contribution in [0.2, 0.25) is 5.02 Å². The molecule has 2 fully saturated rings. The van der Waals surface area contributed by atoms with Gasteiger partial charge in [0.05, 0.1) is 29.8 Å². The number of fused-ring (bicyclic) bond motifs is 1. The third kappa shape index (κ3) is 5.64. The van der Waals surface area contributed by atoms with Crippen molar-refractivity contribution in [2.75, 3.05) is 31.6 Å². The first-order valence-corrected chi connectivity index (χ1v) is 13.6. The van der Waals surface area contributed by atoms with Crippen molar-refractivity contribution in [3.63, 3.8) is 0 Å². The number of morpholine rings is 1. The Balaban J connectivity index is 1.25. The number of nitriles is 1. The van der Waals surface area contributed by atoms with Crippen molar-refractivity contribution >= 4 is 46.9 Å². The van der Waals surface area contributed by atoms with Crippen LogP contribution in [0.4, 0.5) is 15.3 Å². The van der Waals surface area contributed by atoms with Crippen LogP contribution in [-0.4, -0.2) is 82.4 Å². The fourth-order valence-electron chi connectivity index (χ4n) is 4.96. The van der Waals surface area contributed by atoms with Gasteiger partial charge in [0.25, 0.3) is 5.91 Å². The van der Waals surface area contributed by atoms with E-state index in [1.165, 1.54) is 21.9 Å². The molecule has 1 aromatic carbocycles. The first kappa shape index (κ1) is 27.6. The first-order chi connectivity index (χ1) is 19.2. The number of rotatable bonds is 6. The molecule has 6 amide bonds. The monoisotopic (exact) mass is 565 g/mol. The van der Waals surface area contributed by atoms with E-state index in [1.807, 2.05) is 19.9 Å². The van der Waals surface area contributed by atoms with E-state index in [-0.39, 0.29) is 42.7 Å². The summed E-state index contributed by atoms with van der Waals surface area (Å²) in [5.74, 6) is -1.06. The number of hydrogen-bond acceptors (Lipinski definition) is 6. The zero-order valence-electron chi connectivity index (χ0n) is 22.2. The summed E-state index contributed by atoms with van der Waals surface area (Å²) in [6, 6.07) is 5.64. The van der Waals surface area contributed by atoms with Gasteiger partial charge in [-0.05, 0) is 69.0 Å². The van der Waals surface area contributed by atoms with E-state index in [1.54, 1.807) is 28.9 Å². The van der Waals surface area contributed by atoms with Crippen LogP contribution in [0.5, 0.6) is 0 Å². The van der Waals surface area contributed by atoms with Gasteiger partial charge in [0.2, 0.25) is 0 Å². The van der Waals surface area contributed by atoms with Crippen molar-refractivity contribution in [2.24, 2.45) is 11.8 Å². The van der Waals surface area contributed by atoms with Crippen molar-refractivity contribution in [2.45, 2.75) is 38.8 Å². The lowest BCUT2D eigenvalue weighted by Gasteiger charge is -2.33. The summed E-state index contributed by atoms with van der Waals surface area (Å²) in [7, 11) is 0. The molecule has 2 aliphatic carbocycles. The van der Waals surface area contributed by atoms with Crippen LogP contribution in [-0.2, 0) is 14.3 Å². The highest BCUT2D eigenvalue weighted by Crippen LogP contribution is 2.32. The van der Waals surface area contributed by atoms with Crippen LogP contribution in [0.3, 0.4) is 0 Å². The van der Waals surface area contributed by atoms with Crippen molar-refractivity contribution < 1.29 is 28.5 Å². The number of ether oxygens (including phenoxy) is 1. The van der Waals surface area contributed by atoms with Gasteiger partial charge in [0, 0.05) is 17.9 Å². The van der Waals surface area contributed by atoms with Gasteiger partial charge in [0.1, 0.15) is 24.2 Å². The lowest BCUT2D eigenvalue weighted by molar-refractivity contribution is -0.473. The maximum Gasteiger partial charge on any atom is 0.501 e. The molecule has 1 saturated heterocycles. The number of amides is 6. The summed E-state index contributed by atoms with van der Waals surface area (Å²) < 4.78 is 7.24. The molecule has 2 atom stereocenters. The number of imide groups is 1. The van der Waals surface area contributed by atoms with Gasteiger partial charge in [-0.25, -0.2) is 9.59 Å². The molecule has 0 spiro atoms. The minimum Gasteiger partial charge on any atom is -0.365 e. The Hall–Kier alpha value is -4.01. The van der Waals surface area contributed by atoms with Crippen LogP contribution < -0.4 is 10.6 Å². The molecular formula is C28H30ClN6O5+. The van der Waals surface area contributed by atoms with Crippen LogP contribution in [0.15, 0.2) is 42.1 Å². The van der Waals surface area contributed by atoms with Crippen LogP contribution in [0.25, 0.3) is 0 Å². The highest BCUT2D eigenvalue weighted by molar-refractivity contribution is 6.32. The van der Waals surface area contributed by atoms with Crippen LogP contribution >= 0.6 is 11.6 Å². The molecule has 0 radical (unpaired) electrons. The molecule has 2 unspecified atom stereocenters. The van der Waals surface area contributed by atoms with Crippen LogP contribution in [0.1, 0.15) is 32.3 Å². The van der Waals surface area contributed by atoms with E-state index >= 15 is 0 Å². The Morgan fingerprint density at radius 3 is 2.67 bits per heavy atom. The number of carbonyl (C=O) groups is 4. The summed E-state index contributed by atoms with van der Waals surface area (Å²) in [6.45, 7) is 4.68. The molecule has 208 valence electrons. The molecule has 2 aliphatic heterocycles. The van der Waals surface area contributed by atoms with E-state index in [0.717, 1.165) is 12.8 Å². The quantitative estimate of drug-likeness (QED) is 0.509. The Morgan fingerprint density at radius 2 is 2.00 bits per heavy atom. The molecule has 40 heavy (non-hydrogen) atoms. The number of nitrogens with zero attached hydrogens (tertiary/aromatic N) is 4. The smallest absolute Gasteiger partial charge is 0.365 e. The molecule has 2 heterocycles. The van der Waals surface area contributed by atoms with Crippen molar-refractivity contribution in [1.29, 1.82) is 5.26 Å². The lowest BCUT2D eigenvalue weighted by Crippen LogP contribution is -2.57. The molecule has 2 N–H and O–H groups in total. The predicted molar refractivity (Wildman–Crippen MR) is 146 cm³/mol. The molecular weight excluding hydrogens is 536 g/mol. The largest absolute Gasteiger partial charge is 0.501 e. The minimum atomic E-state index is -0.911. The third-order valence-corrected chi connectivity index (χ3v) is 7.57. The second-order valence-electron chi connectivity index (χ2n) is 10.5. The average Bonchev–Trinajstić information content (AvgIpc) is 3.76. The van der Waals surface area contributed by atoms with E-state index in [2.05, 4.69) is 10.6 Å². The highest BCUT2D eigenvalue weighted by Gasteiger charge is 2.49. The number of carbonyl (C=O) groups excluding carboxylic acids is 4. The third-order valence-electron chi connectivity index (χ3n) is 7.25.